The van der Waals surface area contributed by atoms with Crippen molar-refractivity contribution >= 4 is 11.8 Å². The minimum Gasteiger partial charge on any atom is -0.351 e. The Balaban J connectivity index is 1.53. The van der Waals surface area contributed by atoms with Crippen LogP contribution in [-0.4, -0.2) is 53.1 Å². The van der Waals surface area contributed by atoms with Crippen LogP contribution in [0.4, 0.5) is 8.78 Å². The third-order valence-corrected chi connectivity index (χ3v) is 5.06. The van der Waals surface area contributed by atoms with Gasteiger partial charge in [0.05, 0.1) is 25.5 Å². The minimum absolute atomic E-state index is 0.0119. The molecular weight excluding hydrogens is 306 g/mol. The molecule has 3 aliphatic rings. The maximum absolute atomic E-state index is 13.3. The molecule has 3 saturated heterocycles. The summed E-state index contributed by atoms with van der Waals surface area (Å²) in [5.74, 6) is -2.08. The highest BCUT2D eigenvalue weighted by Crippen LogP contribution is 2.45. The maximum Gasteiger partial charge on any atom is 0.227 e. The van der Waals surface area contributed by atoms with Gasteiger partial charge in [-0.25, -0.2) is 8.78 Å². The van der Waals surface area contributed by atoms with E-state index in [1.165, 1.54) is 6.07 Å². The van der Waals surface area contributed by atoms with Gasteiger partial charge in [0, 0.05) is 19.5 Å². The van der Waals surface area contributed by atoms with Gasteiger partial charge in [-0.3, -0.25) is 9.59 Å². The average Bonchev–Trinajstić information content (AvgIpc) is 3.14. The lowest BCUT2D eigenvalue weighted by Crippen LogP contribution is -2.49. The highest BCUT2D eigenvalue weighted by atomic mass is 19.2. The van der Waals surface area contributed by atoms with E-state index in [9.17, 15) is 18.4 Å². The number of halogens is 2. The van der Waals surface area contributed by atoms with E-state index in [1.807, 2.05) is 0 Å². The van der Waals surface area contributed by atoms with Gasteiger partial charge in [0.2, 0.25) is 11.8 Å². The summed E-state index contributed by atoms with van der Waals surface area (Å²) in [5.41, 5.74) is -0.246. The SMILES string of the molecule is O=C(Cc1ccc(F)c(F)c1)N1CC[C@@]23OCCN2C(=O)C[C@@H]13. The largest absolute Gasteiger partial charge is 0.351 e. The zero-order chi connectivity index (χ0) is 16.2. The fourth-order valence-corrected chi connectivity index (χ4v) is 4.02. The van der Waals surface area contributed by atoms with Gasteiger partial charge in [-0.2, -0.15) is 0 Å². The van der Waals surface area contributed by atoms with Crippen molar-refractivity contribution in [2.45, 2.75) is 31.0 Å². The highest BCUT2D eigenvalue weighted by Gasteiger charge is 2.62. The molecule has 7 heteroatoms. The van der Waals surface area contributed by atoms with Crippen molar-refractivity contribution < 1.29 is 23.1 Å². The van der Waals surface area contributed by atoms with Crippen LogP contribution in [0.3, 0.4) is 0 Å². The smallest absolute Gasteiger partial charge is 0.227 e. The van der Waals surface area contributed by atoms with E-state index in [0.29, 0.717) is 31.7 Å². The van der Waals surface area contributed by atoms with Crippen molar-refractivity contribution in [2.24, 2.45) is 0 Å². The number of hydrogen-bond donors (Lipinski definition) is 0. The standard InChI is InChI=1S/C16H16F2N2O3/c17-11-2-1-10(7-12(11)18)8-14(21)19-4-3-16-13(19)9-15(22)20(16)5-6-23-16/h1-2,7,13H,3-6,8-9H2/t13-,16+/m1/s1. The van der Waals surface area contributed by atoms with Crippen LogP contribution >= 0.6 is 0 Å². The van der Waals surface area contributed by atoms with Gasteiger partial charge < -0.3 is 14.5 Å². The molecule has 3 heterocycles. The fraction of sp³-hybridized carbons (Fsp3) is 0.500. The Bertz CT molecular complexity index is 696. The maximum atomic E-state index is 13.3. The second kappa shape index (κ2) is 4.99. The van der Waals surface area contributed by atoms with Gasteiger partial charge in [0.25, 0.3) is 0 Å². The van der Waals surface area contributed by atoms with Crippen molar-refractivity contribution in [2.75, 3.05) is 19.7 Å². The molecule has 23 heavy (non-hydrogen) atoms. The molecule has 0 radical (unpaired) electrons. The first kappa shape index (κ1) is 14.6. The van der Waals surface area contributed by atoms with E-state index in [4.69, 9.17) is 4.74 Å². The topological polar surface area (TPSA) is 49.9 Å². The Morgan fingerprint density at radius 3 is 2.91 bits per heavy atom. The average molecular weight is 322 g/mol. The van der Waals surface area contributed by atoms with Crippen molar-refractivity contribution in [3.8, 4) is 0 Å². The van der Waals surface area contributed by atoms with Gasteiger partial charge in [-0.15, -0.1) is 0 Å². The van der Waals surface area contributed by atoms with Crippen molar-refractivity contribution in [3.63, 3.8) is 0 Å². The van der Waals surface area contributed by atoms with Crippen LogP contribution in [0.1, 0.15) is 18.4 Å². The van der Waals surface area contributed by atoms with Crippen molar-refractivity contribution in [1.82, 2.24) is 9.80 Å². The third-order valence-electron chi connectivity index (χ3n) is 5.06. The lowest BCUT2D eigenvalue weighted by atomic mass is 10.1. The molecule has 0 aliphatic carbocycles. The van der Waals surface area contributed by atoms with Crippen LogP contribution in [0.2, 0.25) is 0 Å². The van der Waals surface area contributed by atoms with Crippen LogP contribution in [0, 0.1) is 11.6 Å². The molecule has 2 amide bonds. The number of carbonyl (C=O) groups excluding carboxylic acids is 2. The van der Waals surface area contributed by atoms with E-state index in [0.717, 1.165) is 12.1 Å². The van der Waals surface area contributed by atoms with Crippen LogP contribution in [0.5, 0.6) is 0 Å². The summed E-state index contributed by atoms with van der Waals surface area (Å²) < 4.78 is 32.1. The molecule has 1 aromatic rings. The molecule has 1 spiro atoms. The molecule has 3 fully saturated rings. The number of benzene rings is 1. The van der Waals surface area contributed by atoms with E-state index in [1.54, 1.807) is 9.80 Å². The number of amides is 2. The molecule has 0 N–H and O–H groups in total. The number of carbonyl (C=O) groups is 2. The van der Waals surface area contributed by atoms with E-state index >= 15 is 0 Å². The Labute approximate surface area is 131 Å². The number of ether oxygens (including phenoxy) is 1. The van der Waals surface area contributed by atoms with E-state index in [-0.39, 0.29) is 30.7 Å². The summed E-state index contributed by atoms with van der Waals surface area (Å²) in [6.07, 6.45) is 0.856. The first-order chi connectivity index (χ1) is 11.0. The fourth-order valence-electron chi connectivity index (χ4n) is 4.02. The number of rotatable bonds is 2. The van der Waals surface area contributed by atoms with E-state index in [2.05, 4.69) is 0 Å². The molecule has 0 bridgehead atoms. The Hall–Kier alpha value is -2.02. The van der Waals surface area contributed by atoms with E-state index < -0.39 is 17.4 Å². The Kier molecular flexibility index (Phi) is 3.16. The lowest BCUT2D eigenvalue weighted by molar-refractivity contribution is -0.139. The Morgan fingerprint density at radius 2 is 2.13 bits per heavy atom. The van der Waals surface area contributed by atoms with Gasteiger partial charge >= 0.3 is 0 Å². The van der Waals surface area contributed by atoms with Gasteiger partial charge in [-0.1, -0.05) is 6.07 Å². The zero-order valence-electron chi connectivity index (χ0n) is 12.4. The van der Waals surface area contributed by atoms with Crippen LogP contribution in [0.15, 0.2) is 18.2 Å². The highest BCUT2D eigenvalue weighted by molar-refractivity contribution is 5.85. The molecule has 5 nitrogen and oxygen atoms in total. The zero-order valence-corrected chi connectivity index (χ0v) is 12.4. The molecule has 122 valence electrons. The van der Waals surface area contributed by atoms with Crippen LogP contribution in [0.25, 0.3) is 0 Å². The van der Waals surface area contributed by atoms with Crippen LogP contribution in [-0.2, 0) is 20.7 Å². The van der Waals surface area contributed by atoms with Gasteiger partial charge in [-0.05, 0) is 17.7 Å². The molecule has 0 unspecified atom stereocenters. The van der Waals surface area contributed by atoms with Crippen molar-refractivity contribution in [1.29, 1.82) is 0 Å². The lowest BCUT2D eigenvalue weighted by Gasteiger charge is -2.31. The molecule has 1 aromatic carbocycles. The first-order valence-electron chi connectivity index (χ1n) is 7.69. The molecule has 0 aromatic heterocycles. The minimum atomic E-state index is -0.963. The predicted molar refractivity (Wildman–Crippen MR) is 75.2 cm³/mol. The predicted octanol–water partition coefficient (Wildman–Crippen LogP) is 1.07. The Morgan fingerprint density at radius 1 is 1.30 bits per heavy atom. The molecule has 2 atom stereocenters. The molecule has 4 rings (SSSR count). The summed E-state index contributed by atoms with van der Waals surface area (Å²) in [5, 5.41) is 0. The molecular formula is C16H16F2N2O3. The second-order valence-corrected chi connectivity index (χ2v) is 6.22. The molecule has 0 saturated carbocycles. The first-order valence-corrected chi connectivity index (χ1v) is 7.69. The number of hydrogen-bond acceptors (Lipinski definition) is 3. The number of likely N-dealkylation sites (tertiary alicyclic amines) is 1. The van der Waals surface area contributed by atoms with Gasteiger partial charge in [0.1, 0.15) is 0 Å². The van der Waals surface area contributed by atoms with Gasteiger partial charge in [0.15, 0.2) is 17.4 Å². The summed E-state index contributed by atoms with van der Waals surface area (Å²) in [6, 6.07) is 3.18. The van der Waals surface area contributed by atoms with Crippen LogP contribution < -0.4 is 0 Å². The number of nitrogens with zero attached hydrogens (tertiary/aromatic N) is 2. The van der Waals surface area contributed by atoms with Crippen molar-refractivity contribution in [3.05, 3.63) is 35.4 Å². The molecule has 3 aliphatic heterocycles. The second-order valence-electron chi connectivity index (χ2n) is 6.22. The normalized spacial score (nSPS) is 29.1. The summed E-state index contributed by atoms with van der Waals surface area (Å²) in [4.78, 5) is 28.1. The summed E-state index contributed by atoms with van der Waals surface area (Å²) >= 11 is 0. The summed E-state index contributed by atoms with van der Waals surface area (Å²) in [6.45, 7) is 1.57. The third kappa shape index (κ3) is 2.06. The quantitative estimate of drug-likeness (QED) is 0.818. The summed E-state index contributed by atoms with van der Waals surface area (Å²) in [7, 11) is 0. The monoisotopic (exact) mass is 322 g/mol.